The van der Waals surface area contributed by atoms with Crippen molar-refractivity contribution >= 4 is 29.0 Å². The zero-order valence-electron chi connectivity index (χ0n) is 8.74. The Labute approximate surface area is 104 Å². The summed E-state index contributed by atoms with van der Waals surface area (Å²) in [5.41, 5.74) is 0. The number of carbonyl (C=O) groups excluding carboxylic acids is 1. The number of ether oxygens (including phenoxy) is 2. The second-order valence-corrected chi connectivity index (χ2v) is 4.02. The van der Waals surface area contributed by atoms with Gasteiger partial charge in [-0.3, -0.25) is 3.53 Å². The number of carbonyl (C=O) groups is 1. The van der Waals surface area contributed by atoms with Gasteiger partial charge in [0.2, 0.25) is 0 Å². The summed E-state index contributed by atoms with van der Waals surface area (Å²) >= 11 is 1.77. The molecule has 4 nitrogen and oxygen atoms in total. The van der Waals surface area contributed by atoms with Gasteiger partial charge in [0.15, 0.2) is 0 Å². The number of methoxy groups -OCH3 is 1. The molecular formula is C10H16INO3. The molecule has 2 unspecified atom stereocenters. The summed E-state index contributed by atoms with van der Waals surface area (Å²) < 4.78 is 12.8. The molecule has 0 saturated carbocycles. The molecule has 0 fully saturated rings. The van der Waals surface area contributed by atoms with Crippen molar-refractivity contribution in [2.45, 2.75) is 37.9 Å². The number of amides is 1. The van der Waals surface area contributed by atoms with E-state index in [4.69, 9.17) is 9.47 Å². The number of nitrogens with one attached hydrogen (secondary N) is 1. The molecule has 1 aliphatic carbocycles. The van der Waals surface area contributed by atoms with E-state index in [1.54, 1.807) is 30.0 Å². The van der Waals surface area contributed by atoms with E-state index in [0.717, 1.165) is 25.7 Å². The maximum absolute atomic E-state index is 11.0. The predicted molar refractivity (Wildman–Crippen MR) is 65.8 cm³/mol. The van der Waals surface area contributed by atoms with E-state index in [0.29, 0.717) is 0 Å². The highest BCUT2D eigenvalue weighted by Crippen LogP contribution is 2.16. The molecule has 0 aromatic heterocycles. The van der Waals surface area contributed by atoms with Crippen LogP contribution >= 0.6 is 22.9 Å². The average Bonchev–Trinajstić information content (AvgIpc) is 2.22. The van der Waals surface area contributed by atoms with Crippen LogP contribution in [0.2, 0.25) is 0 Å². The number of hydrogen-bond donors (Lipinski definition) is 1. The zero-order valence-corrected chi connectivity index (χ0v) is 10.9. The van der Waals surface area contributed by atoms with E-state index >= 15 is 0 Å². The van der Waals surface area contributed by atoms with Crippen molar-refractivity contribution in [2.75, 3.05) is 7.11 Å². The van der Waals surface area contributed by atoms with Crippen molar-refractivity contribution in [1.82, 2.24) is 3.53 Å². The van der Waals surface area contributed by atoms with E-state index in [1.165, 1.54) is 0 Å². The van der Waals surface area contributed by atoms with Gasteiger partial charge in [0.1, 0.15) is 6.10 Å². The summed E-state index contributed by atoms with van der Waals surface area (Å²) in [6, 6.07) is 0. The monoisotopic (exact) mass is 325 g/mol. The second kappa shape index (κ2) is 7.05. The van der Waals surface area contributed by atoms with Gasteiger partial charge in [-0.1, -0.05) is 12.5 Å². The molecular weight excluding hydrogens is 309 g/mol. The molecule has 1 N–H and O–H groups in total. The Morgan fingerprint density at radius 1 is 1.33 bits per heavy atom. The highest BCUT2D eigenvalue weighted by Gasteiger charge is 2.14. The summed E-state index contributed by atoms with van der Waals surface area (Å²) in [6.45, 7) is 0. The van der Waals surface area contributed by atoms with Gasteiger partial charge in [0.05, 0.1) is 29.0 Å². The zero-order chi connectivity index (χ0) is 11.1. The van der Waals surface area contributed by atoms with E-state index in [-0.39, 0.29) is 18.3 Å². The fourth-order valence-electron chi connectivity index (χ4n) is 1.59. The average molecular weight is 325 g/mol. The van der Waals surface area contributed by atoms with Gasteiger partial charge in [-0.2, -0.15) is 0 Å². The molecule has 5 heteroatoms. The molecule has 1 aliphatic rings. The topological polar surface area (TPSA) is 47.6 Å². The Balaban J connectivity index is 2.48. The second-order valence-electron chi connectivity index (χ2n) is 3.48. The molecule has 0 bridgehead atoms. The third-order valence-corrected chi connectivity index (χ3v) is 2.85. The van der Waals surface area contributed by atoms with Crippen LogP contribution in [0.1, 0.15) is 25.7 Å². The first-order chi connectivity index (χ1) is 7.26. The lowest BCUT2D eigenvalue weighted by atomic mass is 10.0. The van der Waals surface area contributed by atoms with Crippen LogP contribution in [0.15, 0.2) is 12.2 Å². The van der Waals surface area contributed by atoms with Gasteiger partial charge < -0.3 is 9.47 Å². The summed E-state index contributed by atoms with van der Waals surface area (Å²) in [7, 11) is 1.70. The van der Waals surface area contributed by atoms with E-state index in [9.17, 15) is 4.79 Å². The van der Waals surface area contributed by atoms with Crippen molar-refractivity contribution in [2.24, 2.45) is 0 Å². The minimum Gasteiger partial charge on any atom is -0.442 e. The molecule has 2 atom stereocenters. The first-order valence-electron chi connectivity index (χ1n) is 5.04. The van der Waals surface area contributed by atoms with Gasteiger partial charge >= 0.3 is 6.09 Å². The maximum Gasteiger partial charge on any atom is 0.416 e. The first kappa shape index (κ1) is 12.8. The molecule has 15 heavy (non-hydrogen) atoms. The fraction of sp³-hybridized carbons (Fsp3) is 0.700. The lowest BCUT2D eigenvalue weighted by molar-refractivity contribution is 0.106. The smallest absolute Gasteiger partial charge is 0.416 e. The quantitative estimate of drug-likeness (QED) is 0.482. The van der Waals surface area contributed by atoms with Gasteiger partial charge in [-0.15, -0.1) is 0 Å². The van der Waals surface area contributed by atoms with Crippen LogP contribution in [0, 0.1) is 0 Å². The van der Waals surface area contributed by atoms with Crippen LogP contribution in [0.5, 0.6) is 0 Å². The number of hydrogen-bond acceptors (Lipinski definition) is 3. The molecule has 0 spiro atoms. The van der Waals surface area contributed by atoms with Crippen molar-refractivity contribution in [1.29, 1.82) is 0 Å². The Morgan fingerprint density at radius 2 is 1.93 bits per heavy atom. The minimum atomic E-state index is -0.389. The highest BCUT2D eigenvalue weighted by atomic mass is 127. The summed E-state index contributed by atoms with van der Waals surface area (Å²) in [5, 5.41) is 0. The van der Waals surface area contributed by atoms with Crippen molar-refractivity contribution in [3.63, 3.8) is 0 Å². The van der Waals surface area contributed by atoms with Crippen molar-refractivity contribution < 1.29 is 14.3 Å². The normalized spacial score (nSPS) is 28.7. The third-order valence-electron chi connectivity index (χ3n) is 2.41. The van der Waals surface area contributed by atoms with Crippen LogP contribution in [-0.2, 0) is 9.47 Å². The predicted octanol–water partition coefficient (Wildman–Crippen LogP) is 2.58. The molecule has 0 heterocycles. The molecule has 1 amide bonds. The van der Waals surface area contributed by atoms with Crippen molar-refractivity contribution in [3.05, 3.63) is 12.2 Å². The third kappa shape index (κ3) is 4.83. The Bertz CT molecular complexity index is 233. The van der Waals surface area contributed by atoms with Crippen LogP contribution in [0.4, 0.5) is 4.79 Å². The largest absolute Gasteiger partial charge is 0.442 e. The summed E-state index contributed by atoms with van der Waals surface area (Å²) in [5.74, 6) is 0. The Hall–Kier alpha value is -0.300. The molecule has 0 aromatic carbocycles. The van der Waals surface area contributed by atoms with E-state index in [1.807, 2.05) is 12.2 Å². The van der Waals surface area contributed by atoms with Crippen LogP contribution < -0.4 is 3.53 Å². The van der Waals surface area contributed by atoms with E-state index < -0.39 is 0 Å². The van der Waals surface area contributed by atoms with E-state index in [2.05, 4.69) is 3.53 Å². The molecule has 1 rings (SSSR count). The molecule has 0 aromatic rings. The highest BCUT2D eigenvalue weighted by molar-refractivity contribution is 14.1. The first-order valence-corrected chi connectivity index (χ1v) is 6.12. The van der Waals surface area contributed by atoms with Crippen LogP contribution in [0.25, 0.3) is 0 Å². The van der Waals surface area contributed by atoms with Crippen LogP contribution in [-0.4, -0.2) is 25.4 Å². The fourth-order valence-corrected chi connectivity index (χ4v) is 1.71. The van der Waals surface area contributed by atoms with Gasteiger partial charge in [-0.05, 0) is 25.3 Å². The van der Waals surface area contributed by atoms with Gasteiger partial charge in [0, 0.05) is 7.11 Å². The summed E-state index contributed by atoms with van der Waals surface area (Å²) in [6.07, 6.45) is 7.62. The Morgan fingerprint density at radius 3 is 2.53 bits per heavy atom. The number of halogens is 1. The van der Waals surface area contributed by atoms with Crippen LogP contribution in [0.3, 0.4) is 0 Å². The SMILES string of the molecule is COC1/C=C/C(OC(=O)NI)CCCC1. The van der Waals surface area contributed by atoms with Gasteiger partial charge in [-0.25, -0.2) is 4.79 Å². The lowest BCUT2D eigenvalue weighted by Crippen LogP contribution is -2.23. The standard InChI is InChI=1S/C10H16INO3/c1-14-8-4-2-3-5-9(7-6-8)15-10(13)12-11/h6-9H,2-5H2,1H3,(H,12,13)/b7-6+. The lowest BCUT2D eigenvalue weighted by Gasteiger charge is -2.18. The van der Waals surface area contributed by atoms with Crippen molar-refractivity contribution in [3.8, 4) is 0 Å². The minimum absolute atomic E-state index is 0.127. The summed E-state index contributed by atoms with van der Waals surface area (Å²) in [4.78, 5) is 11.0. The number of rotatable bonds is 2. The Kier molecular flexibility index (Phi) is 6.00. The molecule has 86 valence electrons. The maximum atomic E-state index is 11.0. The molecule has 0 radical (unpaired) electrons. The van der Waals surface area contributed by atoms with Gasteiger partial charge in [0.25, 0.3) is 0 Å². The molecule has 0 saturated heterocycles. The molecule has 0 aliphatic heterocycles.